The molecule has 3 nitrogen and oxygen atoms in total. The molecule has 0 aliphatic heterocycles. The predicted octanol–water partition coefficient (Wildman–Crippen LogP) is 2.64. The fourth-order valence-electron chi connectivity index (χ4n) is 0.947. The molecule has 1 aromatic rings. The van der Waals surface area contributed by atoms with Gasteiger partial charge < -0.3 is 5.43 Å². The molecule has 0 aliphatic carbocycles. The number of nitrogens with one attached hydrogen (secondary N) is 1. The predicted molar refractivity (Wildman–Crippen MR) is 51.6 cm³/mol. The lowest BCUT2D eigenvalue weighted by atomic mass is 10.2. The molecule has 0 saturated carbocycles. The Bertz CT molecular complexity index is 351. The van der Waals surface area contributed by atoms with Crippen molar-refractivity contribution in [2.45, 2.75) is 6.18 Å². The number of hydrogen-bond donors (Lipinski definition) is 1. The molecule has 0 atom stereocenters. The minimum Gasteiger partial charge on any atom is -0.304 e. The monoisotopic (exact) mass is 239 g/mol. The van der Waals surface area contributed by atoms with Crippen LogP contribution in [-0.4, -0.2) is 24.1 Å². The van der Waals surface area contributed by atoms with Crippen LogP contribution in [0.4, 0.5) is 19.0 Å². The quantitative estimate of drug-likeness (QED) is 0.635. The Kier molecular flexibility index (Phi) is 3.41. The molecule has 0 fully saturated rings. The zero-order chi connectivity index (χ0) is 11.6. The Labute approximate surface area is 89.8 Å². The van der Waals surface area contributed by atoms with Gasteiger partial charge in [-0.2, -0.15) is 13.2 Å². The van der Waals surface area contributed by atoms with Gasteiger partial charge in [0, 0.05) is 14.1 Å². The van der Waals surface area contributed by atoms with Crippen LogP contribution in [0.5, 0.6) is 0 Å². The number of rotatable bonds is 2. The number of hydrogen-bond acceptors (Lipinski definition) is 3. The summed E-state index contributed by atoms with van der Waals surface area (Å²) in [5, 5.41) is 1.27. The molecule has 84 valence electrons. The molecule has 0 aliphatic rings. The number of hydrazine groups is 1. The van der Waals surface area contributed by atoms with Gasteiger partial charge >= 0.3 is 6.18 Å². The smallest absolute Gasteiger partial charge is 0.304 e. The Hall–Kier alpha value is -1.01. The number of pyridine rings is 1. The van der Waals surface area contributed by atoms with E-state index in [0.717, 1.165) is 12.1 Å². The first-order chi connectivity index (χ1) is 6.79. The summed E-state index contributed by atoms with van der Waals surface area (Å²) in [4.78, 5) is 3.70. The Morgan fingerprint density at radius 3 is 2.40 bits per heavy atom. The van der Waals surface area contributed by atoms with Crippen molar-refractivity contribution >= 4 is 17.4 Å². The third-order valence-electron chi connectivity index (χ3n) is 1.46. The molecule has 0 unspecified atom stereocenters. The zero-order valence-corrected chi connectivity index (χ0v) is 8.82. The fraction of sp³-hybridized carbons (Fsp3) is 0.375. The maximum atomic E-state index is 12.4. The molecule has 1 N–H and O–H groups in total. The van der Waals surface area contributed by atoms with Crippen molar-refractivity contribution in [1.82, 2.24) is 9.99 Å². The van der Waals surface area contributed by atoms with Crippen molar-refractivity contribution < 1.29 is 13.2 Å². The fourth-order valence-corrected chi connectivity index (χ4v) is 1.16. The molecule has 7 heteroatoms. The summed E-state index contributed by atoms with van der Waals surface area (Å²) in [7, 11) is 3.27. The number of anilines is 1. The van der Waals surface area contributed by atoms with Crippen LogP contribution in [0.3, 0.4) is 0 Å². The molecule has 1 rings (SSSR count). The first-order valence-corrected chi connectivity index (χ1v) is 4.35. The first kappa shape index (κ1) is 12.1. The van der Waals surface area contributed by atoms with Gasteiger partial charge in [0.2, 0.25) is 0 Å². The van der Waals surface area contributed by atoms with Crippen LogP contribution >= 0.6 is 11.6 Å². The normalized spacial score (nSPS) is 11.9. The molecule has 0 saturated heterocycles. The van der Waals surface area contributed by atoms with Gasteiger partial charge in [0.1, 0.15) is 11.0 Å². The summed E-state index contributed by atoms with van der Waals surface area (Å²) in [5.41, 5.74) is 1.77. The Balaban J connectivity index is 3.06. The van der Waals surface area contributed by atoms with Gasteiger partial charge in [-0.15, -0.1) is 0 Å². The molecular formula is C8H9ClF3N3. The van der Waals surface area contributed by atoms with E-state index < -0.39 is 11.7 Å². The summed E-state index contributed by atoms with van der Waals surface area (Å²) >= 11 is 5.47. The second-order valence-corrected chi connectivity index (χ2v) is 3.46. The molecule has 0 bridgehead atoms. The molecule has 1 aromatic heterocycles. The van der Waals surface area contributed by atoms with E-state index in [9.17, 15) is 13.2 Å². The Morgan fingerprint density at radius 2 is 1.93 bits per heavy atom. The summed E-state index contributed by atoms with van der Waals surface area (Å²) in [6, 6.07) is 1.67. The third-order valence-corrected chi connectivity index (χ3v) is 1.65. The number of nitrogens with zero attached hydrogens (tertiary/aromatic N) is 2. The summed E-state index contributed by atoms with van der Waals surface area (Å²) in [5.74, 6) is 0.0554. The van der Waals surface area contributed by atoms with Gasteiger partial charge in [0.05, 0.1) is 5.56 Å². The van der Waals surface area contributed by atoms with E-state index >= 15 is 0 Å². The van der Waals surface area contributed by atoms with Crippen molar-refractivity contribution in [3.05, 3.63) is 22.8 Å². The lowest BCUT2D eigenvalue weighted by molar-refractivity contribution is -0.137. The number of alkyl halides is 3. The zero-order valence-electron chi connectivity index (χ0n) is 8.06. The number of halogens is 4. The highest BCUT2D eigenvalue weighted by molar-refractivity contribution is 6.29. The molecular weight excluding hydrogens is 231 g/mol. The van der Waals surface area contributed by atoms with E-state index in [-0.39, 0.29) is 11.0 Å². The van der Waals surface area contributed by atoms with Gasteiger partial charge in [-0.25, -0.2) is 9.99 Å². The number of aromatic nitrogens is 1. The molecule has 1 heterocycles. The van der Waals surface area contributed by atoms with Crippen LogP contribution in [0.1, 0.15) is 5.56 Å². The SMILES string of the molecule is CN(C)Nc1cc(C(F)(F)F)cc(Cl)n1. The highest BCUT2D eigenvalue weighted by Gasteiger charge is 2.31. The molecule has 0 amide bonds. The maximum Gasteiger partial charge on any atom is 0.416 e. The van der Waals surface area contributed by atoms with Crippen LogP contribution in [0.2, 0.25) is 5.15 Å². The maximum absolute atomic E-state index is 12.4. The molecule has 0 spiro atoms. The van der Waals surface area contributed by atoms with Crippen molar-refractivity contribution in [2.75, 3.05) is 19.5 Å². The largest absolute Gasteiger partial charge is 0.416 e. The van der Waals surface area contributed by atoms with Crippen molar-refractivity contribution in [3.8, 4) is 0 Å². The van der Waals surface area contributed by atoms with Crippen LogP contribution < -0.4 is 5.43 Å². The summed E-state index contributed by atoms with van der Waals surface area (Å²) in [6.45, 7) is 0. The van der Waals surface area contributed by atoms with Crippen LogP contribution in [-0.2, 0) is 6.18 Å². The topological polar surface area (TPSA) is 28.2 Å². The second-order valence-electron chi connectivity index (χ2n) is 3.07. The third kappa shape index (κ3) is 3.56. The van der Waals surface area contributed by atoms with Crippen LogP contribution in [0.15, 0.2) is 12.1 Å². The standard InChI is InChI=1S/C8H9ClF3N3/c1-15(2)14-7-4-5(8(10,11)12)3-6(9)13-7/h3-4H,1-2H3,(H,13,14). The van der Waals surface area contributed by atoms with Gasteiger partial charge in [-0.1, -0.05) is 11.6 Å². The second kappa shape index (κ2) is 4.24. The summed E-state index contributed by atoms with van der Waals surface area (Å²) < 4.78 is 37.1. The minimum atomic E-state index is -4.42. The van der Waals surface area contributed by atoms with Crippen molar-refractivity contribution in [3.63, 3.8) is 0 Å². The Morgan fingerprint density at radius 1 is 1.33 bits per heavy atom. The van der Waals surface area contributed by atoms with E-state index in [0.29, 0.717) is 0 Å². The van der Waals surface area contributed by atoms with Gasteiger partial charge in [-0.05, 0) is 12.1 Å². The average molecular weight is 240 g/mol. The minimum absolute atomic E-state index is 0.0554. The van der Waals surface area contributed by atoms with E-state index in [1.807, 2.05) is 0 Å². The highest BCUT2D eigenvalue weighted by atomic mass is 35.5. The van der Waals surface area contributed by atoms with E-state index in [1.165, 1.54) is 5.01 Å². The van der Waals surface area contributed by atoms with E-state index in [4.69, 9.17) is 11.6 Å². The molecule has 0 radical (unpaired) electrons. The van der Waals surface area contributed by atoms with Crippen LogP contribution in [0, 0.1) is 0 Å². The van der Waals surface area contributed by atoms with Gasteiger partial charge in [0.15, 0.2) is 0 Å². The van der Waals surface area contributed by atoms with Gasteiger partial charge in [-0.3, -0.25) is 0 Å². The highest BCUT2D eigenvalue weighted by Crippen LogP contribution is 2.31. The van der Waals surface area contributed by atoms with Crippen molar-refractivity contribution in [1.29, 1.82) is 0 Å². The van der Waals surface area contributed by atoms with E-state index in [2.05, 4.69) is 10.4 Å². The lowest BCUT2D eigenvalue weighted by Gasteiger charge is -2.14. The molecule has 0 aromatic carbocycles. The van der Waals surface area contributed by atoms with Gasteiger partial charge in [0.25, 0.3) is 0 Å². The summed E-state index contributed by atoms with van der Waals surface area (Å²) in [6.07, 6.45) is -4.42. The molecule has 15 heavy (non-hydrogen) atoms. The lowest BCUT2D eigenvalue weighted by Crippen LogP contribution is -2.21. The first-order valence-electron chi connectivity index (χ1n) is 3.98. The van der Waals surface area contributed by atoms with Crippen molar-refractivity contribution in [2.24, 2.45) is 0 Å². The van der Waals surface area contributed by atoms with Crippen LogP contribution in [0.25, 0.3) is 0 Å². The average Bonchev–Trinajstić information content (AvgIpc) is 1.99. The van der Waals surface area contributed by atoms with E-state index in [1.54, 1.807) is 14.1 Å².